The molecule has 2 aliphatic heterocycles. The van der Waals surface area contributed by atoms with E-state index in [-0.39, 0.29) is 5.91 Å². The molecule has 0 saturated heterocycles. The van der Waals surface area contributed by atoms with Crippen molar-refractivity contribution in [3.8, 4) is 5.75 Å². The average molecular weight is 527 g/mol. The number of benzene rings is 2. The minimum absolute atomic E-state index is 0.149. The lowest BCUT2D eigenvalue weighted by molar-refractivity contribution is -0.116. The number of rotatable bonds is 6. The minimum Gasteiger partial charge on any atom is -0.490 e. The number of amides is 1. The molecule has 0 aromatic heterocycles. The maximum Gasteiger partial charge on any atom is 0.276 e. The highest BCUT2D eigenvalue weighted by Crippen LogP contribution is 2.32. The standard InChI is InChI=1S/C25H27BrN4O2S/c1-2-3-14-33-25-28-24(31)22-20-15-17(26)10-13-21(20)27-23(30(22)29-25)16-8-11-19(12-9-16)32-18-6-4-5-7-18/h8-13,15,18,23H,2-7,14H2,1H3,(H,28,29,31). The number of thioether (sulfide) groups is 1. The van der Waals surface area contributed by atoms with Crippen molar-refractivity contribution in [2.24, 2.45) is 10.1 Å². The summed E-state index contributed by atoms with van der Waals surface area (Å²) in [6.07, 6.45) is 6.81. The van der Waals surface area contributed by atoms with Gasteiger partial charge >= 0.3 is 0 Å². The highest BCUT2D eigenvalue weighted by atomic mass is 79.9. The quantitative estimate of drug-likeness (QED) is 0.564. The number of fused-ring (bicyclic) bond motifs is 2. The Hall–Kier alpha value is -2.32. The Balaban J connectivity index is 1.51. The van der Waals surface area contributed by atoms with Crippen LogP contribution in [-0.4, -0.2) is 27.9 Å². The van der Waals surface area contributed by atoms with Gasteiger partial charge in [-0.05, 0) is 68.0 Å². The zero-order chi connectivity index (χ0) is 22.8. The predicted octanol–water partition coefficient (Wildman–Crippen LogP) is 4.45. The zero-order valence-electron chi connectivity index (χ0n) is 18.6. The summed E-state index contributed by atoms with van der Waals surface area (Å²) in [6, 6.07) is 13.9. The largest absolute Gasteiger partial charge is 0.490 e. The normalized spacial score (nSPS) is 20.0. The smallest absolute Gasteiger partial charge is 0.276 e. The van der Waals surface area contributed by atoms with E-state index in [4.69, 9.17) is 14.8 Å². The first kappa shape index (κ1) is 22.5. The van der Waals surface area contributed by atoms with Crippen molar-refractivity contribution < 1.29 is 9.53 Å². The third-order valence-electron chi connectivity index (χ3n) is 6.09. The van der Waals surface area contributed by atoms with Crippen LogP contribution in [0.25, 0.3) is 5.70 Å². The molecule has 1 fully saturated rings. The molecule has 1 N–H and O–H groups in total. The molecule has 8 heteroatoms. The summed E-state index contributed by atoms with van der Waals surface area (Å²) in [7, 11) is 0. The van der Waals surface area contributed by atoms with Gasteiger partial charge in [0.25, 0.3) is 5.91 Å². The van der Waals surface area contributed by atoms with E-state index in [1.807, 2.05) is 42.5 Å². The average Bonchev–Trinajstić information content (AvgIpc) is 3.32. The van der Waals surface area contributed by atoms with Gasteiger partial charge in [0.15, 0.2) is 11.3 Å². The van der Waals surface area contributed by atoms with Crippen molar-refractivity contribution in [3.05, 3.63) is 63.1 Å². The van der Waals surface area contributed by atoms with E-state index in [0.717, 1.165) is 57.8 Å². The maximum absolute atomic E-state index is 13.2. The van der Waals surface area contributed by atoms with Gasteiger partial charge in [-0.2, -0.15) is 0 Å². The van der Waals surface area contributed by atoms with Crippen LogP contribution in [0.2, 0.25) is 0 Å². The van der Waals surface area contributed by atoms with Crippen LogP contribution in [-0.2, 0) is 4.79 Å². The van der Waals surface area contributed by atoms with Gasteiger partial charge in [0.1, 0.15) is 11.4 Å². The molecule has 1 atom stereocenters. The molecule has 2 aromatic carbocycles. The number of hydrogen-bond donors (Lipinski definition) is 1. The van der Waals surface area contributed by atoms with Crippen molar-refractivity contribution in [1.29, 1.82) is 0 Å². The minimum atomic E-state index is -0.415. The number of halogens is 1. The molecule has 5 rings (SSSR count). The first-order valence-electron chi connectivity index (χ1n) is 11.6. The molecule has 172 valence electrons. The Morgan fingerprint density at radius 3 is 2.73 bits per heavy atom. The summed E-state index contributed by atoms with van der Waals surface area (Å²) in [6.45, 7) is 2.15. The highest BCUT2D eigenvalue weighted by molar-refractivity contribution is 9.10. The molecule has 1 aliphatic carbocycles. The Labute approximate surface area is 206 Å². The van der Waals surface area contributed by atoms with E-state index in [2.05, 4.69) is 28.2 Å². The number of carbonyl (C=O) groups is 1. The van der Waals surface area contributed by atoms with Gasteiger partial charge in [-0.1, -0.05) is 53.2 Å². The number of amidine groups is 1. The molecule has 6 nitrogen and oxygen atoms in total. The van der Waals surface area contributed by atoms with Crippen LogP contribution in [0.5, 0.6) is 5.75 Å². The number of nitrogens with zero attached hydrogens (tertiary/aromatic N) is 3. The third kappa shape index (κ3) is 4.82. The molecular weight excluding hydrogens is 500 g/mol. The number of unbranched alkanes of at least 4 members (excludes halogenated alkanes) is 1. The first-order chi connectivity index (χ1) is 16.1. The fraction of sp³-hybridized carbons (Fsp3) is 0.400. The van der Waals surface area contributed by atoms with Crippen molar-refractivity contribution >= 4 is 44.5 Å². The third-order valence-corrected chi connectivity index (χ3v) is 7.53. The first-order valence-corrected chi connectivity index (χ1v) is 13.4. The lowest BCUT2D eigenvalue weighted by Crippen LogP contribution is -2.50. The summed E-state index contributed by atoms with van der Waals surface area (Å²) in [5.41, 5.74) is 1.49. The Morgan fingerprint density at radius 1 is 1.18 bits per heavy atom. The topological polar surface area (TPSA) is 66.3 Å². The van der Waals surface area contributed by atoms with E-state index >= 15 is 0 Å². The van der Waals surface area contributed by atoms with Gasteiger partial charge in [0.2, 0.25) is 0 Å². The summed E-state index contributed by atoms with van der Waals surface area (Å²) in [4.78, 5) is 18.2. The van der Waals surface area contributed by atoms with E-state index in [1.54, 1.807) is 16.8 Å². The zero-order valence-corrected chi connectivity index (χ0v) is 21.0. The van der Waals surface area contributed by atoms with E-state index in [9.17, 15) is 4.79 Å². The van der Waals surface area contributed by atoms with Crippen LogP contribution in [0.15, 0.2) is 57.0 Å². The molecule has 1 saturated carbocycles. The van der Waals surface area contributed by atoms with Crippen LogP contribution in [0.4, 0.5) is 0 Å². The van der Waals surface area contributed by atoms with Gasteiger partial charge in [-0.15, -0.1) is 5.10 Å². The monoisotopic (exact) mass is 526 g/mol. The molecule has 1 unspecified atom stereocenters. The number of hydrogen-bond acceptors (Lipinski definition) is 6. The second kappa shape index (κ2) is 9.89. The van der Waals surface area contributed by atoms with Crippen LogP contribution >= 0.6 is 27.7 Å². The lowest BCUT2D eigenvalue weighted by Gasteiger charge is -2.34. The number of carbonyl (C=O) groups excluding carboxylic acids is 1. The molecule has 33 heavy (non-hydrogen) atoms. The van der Waals surface area contributed by atoms with E-state index in [1.165, 1.54) is 12.8 Å². The van der Waals surface area contributed by atoms with Crippen LogP contribution < -0.4 is 20.6 Å². The Kier molecular flexibility index (Phi) is 6.74. The molecular formula is C25H27BrN4O2S. The molecule has 2 aromatic rings. The van der Waals surface area contributed by atoms with Crippen molar-refractivity contribution in [2.45, 2.75) is 57.7 Å². The highest BCUT2D eigenvalue weighted by Gasteiger charge is 2.34. The Morgan fingerprint density at radius 2 is 1.97 bits per heavy atom. The van der Waals surface area contributed by atoms with Crippen molar-refractivity contribution in [1.82, 2.24) is 10.3 Å². The Bertz CT molecular complexity index is 1190. The predicted molar refractivity (Wildman–Crippen MR) is 135 cm³/mol. The summed E-state index contributed by atoms with van der Waals surface area (Å²) in [5.74, 6) is 1.64. The van der Waals surface area contributed by atoms with Gasteiger partial charge in [-0.3, -0.25) is 15.1 Å². The van der Waals surface area contributed by atoms with Gasteiger partial charge in [0.05, 0.1) is 11.5 Å². The van der Waals surface area contributed by atoms with E-state index < -0.39 is 6.17 Å². The molecule has 2 heterocycles. The fourth-order valence-corrected chi connectivity index (χ4v) is 5.66. The lowest BCUT2D eigenvalue weighted by atomic mass is 10.1. The van der Waals surface area contributed by atoms with Gasteiger partial charge < -0.3 is 4.74 Å². The van der Waals surface area contributed by atoms with Gasteiger partial charge in [-0.25, -0.2) is 5.01 Å². The van der Waals surface area contributed by atoms with E-state index in [0.29, 0.717) is 17.0 Å². The molecule has 3 aliphatic rings. The SMILES string of the molecule is CCCCSC1=NN2C(=c3cc(Br)ccc3=NC2c2ccc(OC3CCCC3)cc2)C(=O)N1. The number of ether oxygens (including phenoxy) is 1. The molecule has 0 bridgehead atoms. The number of nitrogens with one attached hydrogen (secondary N) is 1. The summed E-state index contributed by atoms with van der Waals surface area (Å²) < 4.78 is 7.03. The second-order valence-electron chi connectivity index (χ2n) is 8.51. The fourth-order valence-electron chi connectivity index (χ4n) is 4.36. The van der Waals surface area contributed by atoms with Crippen LogP contribution in [0.1, 0.15) is 57.2 Å². The number of hydrazone groups is 1. The maximum atomic E-state index is 13.2. The van der Waals surface area contributed by atoms with Crippen LogP contribution in [0.3, 0.4) is 0 Å². The molecule has 1 amide bonds. The van der Waals surface area contributed by atoms with Crippen molar-refractivity contribution in [2.75, 3.05) is 5.75 Å². The van der Waals surface area contributed by atoms with Gasteiger partial charge in [0, 0.05) is 15.4 Å². The summed E-state index contributed by atoms with van der Waals surface area (Å²) in [5, 5.41) is 11.8. The van der Waals surface area contributed by atoms with Crippen LogP contribution in [0, 0.1) is 0 Å². The summed E-state index contributed by atoms with van der Waals surface area (Å²) >= 11 is 5.10. The van der Waals surface area contributed by atoms with Crippen molar-refractivity contribution in [3.63, 3.8) is 0 Å². The molecule has 0 radical (unpaired) electrons. The molecule has 0 spiro atoms. The second-order valence-corrected chi connectivity index (χ2v) is 10.5.